The van der Waals surface area contributed by atoms with Crippen LogP contribution in [0, 0.1) is 0 Å². The third-order valence-electron chi connectivity index (χ3n) is 4.28. The van der Waals surface area contributed by atoms with Gasteiger partial charge in [-0.1, -0.05) is 41.9 Å². The fraction of sp³-hybridized carbons (Fsp3) is 0.316. The number of nitrogens with one attached hydrogen (secondary N) is 1. The van der Waals surface area contributed by atoms with Crippen LogP contribution in [-0.4, -0.2) is 19.1 Å². The van der Waals surface area contributed by atoms with Crippen LogP contribution in [0.4, 0.5) is 0 Å². The van der Waals surface area contributed by atoms with E-state index in [2.05, 4.69) is 17.4 Å². The number of carbonyl (C=O) groups excluding carboxylic acids is 1. The van der Waals surface area contributed by atoms with Gasteiger partial charge in [0.1, 0.15) is 5.75 Å². The van der Waals surface area contributed by atoms with Crippen LogP contribution in [0.3, 0.4) is 0 Å². The fourth-order valence-electron chi connectivity index (χ4n) is 2.66. The Hall–Kier alpha value is -2.00. The molecule has 0 saturated heterocycles. The van der Waals surface area contributed by atoms with E-state index in [0.717, 1.165) is 23.6 Å². The van der Waals surface area contributed by atoms with Gasteiger partial charge in [0.15, 0.2) is 0 Å². The smallest absolute Gasteiger partial charge is 0.223 e. The summed E-state index contributed by atoms with van der Waals surface area (Å²) in [6.45, 7) is 1.07. The molecule has 0 aliphatic heterocycles. The molecule has 3 nitrogen and oxygen atoms in total. The first-order valence-corrected chi connectivity index (χ1v) is 8.26. The van der Waals surface area contributed by atoms with Crippen LogP contribution >= 0.6 is 11.6 Å². The van der Waals surface area contributed by atoms with E-state index in [0.29, 0.717) is 19.6 Å². The zero-order valence-electron chi connectivity index (χ0n) is 12.9. The minimum Gasteiger partial charge on any atom is -0.493 e. The Labute approximate surface area is 141 Å². The molecule has 1 saturated carbocycles. The van der Waals surface area contributed by atoms with Gasteiger partial charge in [0.25, 0.3) is 0 Å². The van der Waals surface area contributed by atoms with Gasteiger partial charge in [0.2, 0.25) is 5.91 Å². The van der Waals surface area contributed by atoms with E-state index in [4.69, 9.17) is 16.3 Å². The number of rotatable bonds is 7. The van der Waals surface area contributed by atoms with Crippen molar-refractivity contribution in [1.29, 1.82) is 0 Å². The second-order valence-corrected chi connectivity index (χ2v) is 6.41. The van der Waals surface area contributed by atoms with Gasteiger partial charge in [0, 0.05) is 17.0 Å². The van der Waals surface area contributed by atoms with E-state index < -0.39 is 0 Å². The van der Waals surface area contributed by atoms with E-state index in [1.165, 1.54) is 5.56 Å². The molecular weight excluding hydrogens is 310 g/mol. The van der Waals surface area contributed by atoms with Crippen molar-refractivity contribution >= 4 is 17.5 Å². The Bertz CT molecular complexity index is 651. The summed E-state index contributed by atoms with van der Waals surface area (Å²) < 4.78 is 5.55. The van der Waals surface area contributed by atoms with Crippen molar-refractivity contribution in [3.05, 3.63) is 65.2 Å². The summed E-state index contributed by atoms with van der Waals surface area (Å²) in [5.41, 5.74) is 1.35. The van der Waals surface area contributed by atoms with Crippen molar-refractivity contribution < 1.29 is 9.53 Å². The number of hydrogen-bond donors (Lipinski definition) is 1. The highest BCUT2D eigenvalue weighted by Crippen LogP contribution is 2.47. The molecule has 120 valence electrons. The molecular formula is C19H20ClNO2. The van der Waals surface area contributed by atoms with Gasteiger partial charge >= 0.3 is 0 Å². The van der Waals surface area contributed by atoms with Gasteiger partial charge in [-0.3, -0.25) is 4.79 Å². The van der Waals surface area contributed by atoms with Crippen LogP contribution < -0.4 is 10.1 Å². The predicted molar refractivity (Wildman–Crippen MR) is 91.9 cm³/mol. The van der Waals surface area contributed by atoms with Gasteiger partial charge in [-0.05, 0) is 42.7 Å². The van der Waals surface area contributed by atoms with Gasteiger partial charge < -0.3 is 10.1 Å². The molecule has 0 heterocycles. The van der Waals surface area contributed by atoms with Crippen LogP contribution in [0.25, 0.3) is 0 Å². The Kier molecular flexibility index (Phi) is 4.87. The first-order valence-electron chi connectivity index (χ1n) is 7.89. The lowest BCUT2D eigenvalue weighted by Crippen LogP contribution is -2.33. The third kappa shape index (κ3) is 4.26. The maximum Gasteiger partial charge on any atom is 0.223 e. The molecule has 0 unspecified atom stereocenters. The van der Waals surface area contributed by atoms with Crippen LogP contribution in [0.1, 0.15) is 24.8 Å². The first kappa shape index (κ1) is 15.9. The van der Waals surface area contributed by atoms with Crippen LogP contribution in [0.2, 0.25) is 5.02 Å². The third-order valence-corrected chi connectivity index (χ3v) is 4.53. The van der Waals surface area contributed by atoms with Gasteiger partial charge in [-0.2, -0.15) is 0 Å². The van der Waals surface area contributed by atoms with E-state index in [9.17, 15) is 4.79 Å². The quantitative estimate of drug-likeness (QED) is 0.835. The summed E-state index contributed by atoms with van der Waals surface area (Å²) in [7, 11) is 0. The molecule has 23 heavy (non-hydrogen) atoms. The van der Waals surface area contributed by atoms with E-state index in [1.807, 2.05) is 42.5 Å². The highest BCUT2D eigenvalue weighted by Gasteiger charge is 2.44. The molecule has 1 fully saturated rings. The fourth-order valence-corrected chi connectivity index (χ4v) is 2.78. The summed E-state index contributed by atoms with van der Waals surface area (Å²) in [4.78, 5) is 12.0. The molecule has 1 amide bonds. The van der Waals surface area contributed by atoms with Crippen molar-refractivity contribution in [2.75, 3.05) is 13.2 Å². The van der Waals surface area contributed by atoms with E-state index >= 15 is 0 Å². The lowest BCUT2D eigenvalue weighted by Gasteiger charge is -2.17. The Morgan fingerprint density at radius 3 is 2.43 bits per heavy atom. The lowest BCUT2D eigenvalue weighted by molar-refractivity contribution is -0.121. The Balaban J connectivity index is 1.43. The largest absolute Gasteiger partial charge is 0.493 e. The number of para-hydroxylation sites is 1. The van der Waals surface area contributed by atoms with Crippen molar-refractivity contribution in [3.63, 3.8) is 0 Å². The number of carbonyl (C=O) groups is 1. The van der Waals surface area contributed by atoms with Gasteiger partial charge in [-0.15, -0.1) is 0 Å². The number of amides is 1. The molecule has 0 spiro atoms. The predicted octanol–water partition coefficient (Wildman–Crippen LogP) is 3.96. The summed E-state index contributed by atoms with van der Waals surface area (Å²) in [5.74, 6) is 0.821. The highest BCUT2D eigenvalue weighted by molar-refractivity contribution is 6.30. The minimum absolute atomic E-state index is 0.0289. The van der Waals surface area contributed by atoms with Crippen molar-refractivity contribution in [2.24, 2.45) is 0 Å². The number of halogens is 1. The molecule has 1 aliphatic rings. The SMILES string of the molecule is O=C(CCOc1ccccc1)NCC1(c2ccc(Cl)cc2)CC1. The summed E-state index contributed by atoms with van der Waals surface area (Å²) in [6, 6.07) is 17.5. The second kappa shape index (κ2) is 7.05. The monoisotopic (exact) mass is 329 g/mol. The van der Waals surface area contributed by atoms with Crippen LogP contribution in [0.15, 0.2) is 54.6 Å². The average molecular weight is 330 g/mol. The van der Waals surface area contributed by atoms with Crippen LogP contribution in [-0.2, 0) is 10.2 Å². The molecule has 1 aliphatic carbocycles. The summed E-state index contributed by atoms with van der Waals surface area (Å²) >= 11 is 5.93. The normalized spacial score (nSPS) is 15.0. The molecule has 1 N–H and O–H groups in total. The second-order valence-electron chi connectivity index (χ2n) is 5.98. The number of hydrogen-bond acceptors (Lipinski definition) is 2. The molecule has 0 atom stereocenters. The van der Waals surface area contributed by atoms with E-state index in [1.54, 1.807) is 0 Å². The zero-order chi connectivity index (χ0) is 16.1. The molecule has 2 aromatic carbocycles. The topological polar surface area (TPSA) is 38.3 Å². The standard InChI is InChI=1S/C19H20ClNO2/c20-16-8-6-15(7-9-16)19(11-12-19)14-21-18(22)10-13-23-17-4-2-1-3-5-17/h1-9H,10-14H2,(H,21,22). The lowest BCUT2D eigenvalue weighted by atomic mass is 9.96. The molecule has 0 bridgehead atoms. The van der Waals surface area contributed by atoms with Crippen molar-refractivity contribution in [2.45, 2.75) is 24.7 Å². The Morgan fingerprint density at radius 1 is 1.09 bits per heavy atom. The minimum atomic E-state index is 0.0289. The van der Waals surface area contributed by atoms with E-state index in [-0.39, 0.29) is 11.3 Å². The molecule has 4 heteroatoms. The molecule has 0 radical (unpaired) electrons. The number of benzene rings is 2. The van der Waals surface area contributed by atoms with Crippen molar-refractivity contribution in [1.82, 2.24) is 5.32 Å². The Morgan fingerprint density at radius 2 is 1.78 bits per heavy atom. The molecule has 0 aromatic heterocycles. The summed E-state index contributed by atoms with van der Waals surface area (Å²) in [5, 5.41) is 3.78. The average Bonchev–Trinajstić information content (AvgIpc) is 3.36. The first-order chi connectivity index (χ1) is 11.2. The highest BCUT2D eigenvalue weighted by atomic mass is 35.5. The van der Waals surface area contributed by atoms with Gasteiger partial charge in [0.05, 0.1) is 13.0 Å². The van der Waals surface area contributed by atoms with Crippen LogP contribution in [0.5, 0.6) is 5.75 Å². The maximum atomic E-state index is 12.0. The molecule has 2 aromatic rings. The maximum absolute atomic E-state index is 12.0. The number of ether oxygens (including phenoxy) is 1. The van der Waals surface area contributed by atoms with Crippen molar-refractivity contribution in [3.8, 4) is 5.75 Å². The van der Waals surface area contributed by atoms with Gasteiger partial charge in [-0.25, -0.2) is 0 Å². The zero-order valence-corrected chi connectivity index (χ0v) is 13.7. The summed E-state index contributed by atoms with van der Waals surface area (Å²) in [6.07, 6.45) is 2.58. The molecule has 3 rings (SSSR count).